The van der Waals surface area contributed by atoms with Crippen LogP contribution >= 0.6 is 12.6 Å². The fourth-order valence-corrected chi connectivity index (χ4v) is 13.5. The van der Waals surface area contributed by atoms with E-state index >= 15 is 4.79 Å². The number of aromatic hydroxyl groups is 1. The SMILES string of the molecule is CCC(C)C(NC(=O)CNC(=O)C(C)NC(=O)CNC(=O)C(CS)NC(=O)C(Cc1cnc[nH]1)NC(=O)C(NC(=O)C(Cc1c[nH]c2ccccc12)NC(=O)C(CCCNC(=N)N)NC(=O)C(CC(N)=O)NC(=O)CNC(=O)C(CO)NC(=O)CNC(=O)CNC(=O)C(Cc1ccc(O)cc1)NC(=O)CNC(=O)C(CC(N)=O)NC(=O)C(N)CCCCN)C(C)C)C(=O)NC(C(=O)NCC=O)C(C)C. The number of guanidine groups is 1. The second-order valence-corrected chi connectivity index (χ2v) is 33.3. The summed E-state index contributed by atoms with van der Waals surface area (Å²) in [6, 6.07) is -7.10. The zero-order valence-corrected chi connectivity index (χ0v) is 78.8. The molecular weight excluding hydrogens is 1840 g/mol. The minimum atomic E-state index is -1.92. The summed E-state index contributed by atoms with van der Waals surface area (Å²) < 4.78 is 0. The van der Waals surface area contributed by atoms with Gasteiger partial charge in [0.1, 0.15) is 84.5 Å². The number of phenols is 1. The van der Waals surface area contributed by atoms with Crippen molar-refractivity contribution < 1.29 is 116 Å². The Balaban J connectivity index is 1.44. The second kappa shape index (κ2) is 60.5. The Hall–Kier alpha value is -15.0. The van der Waals surface area contributed by atoms with Gasteiger partial charge < -0.3 is 160 Å². The zero-order valence-electron chi connectivity index (χ0n) is 77.9. The lowest BCUT2D eigenvalue weighted by atomic mass is 9.96. The van der Waals surface area contributed by atoms with Gasteiger partial charge in [-0.2, -0.15) is 12.6 Å². The van der Waals surface area contributed by atoms with Crippen LogP contribution in [0.25, 0.3) is 10.9 Å². The molecule has 4 aromatic rings. The molecule has 2 aromatic carbocycles. The number of hydrogen-bond acceptors (Lipinski definition) is 29. The molecule has 2 heterocycles. The number of imidazole rings is 1. The molecule has 14 atom stereocenters. The largest absolute Gasteiger partial charge is 0.508 e. The number of aromatic nitrogens is 3. The number of aldehydes is 1. The van der Waals surface area contributed by atoms with E-state index in [2.05, 4.69) is 134 Å². The Labute approximate surface area is 803 Å². The summed E-state index contributed by atoms with van der Waals surface area (Å²) in [5, 5.41) is 76.1. The van der Waals surface area contributed by atoms with Crippen molar-refractivity contribution in [3.8, 4) is 5.75 Å². The summed E-state index contributed by atoms with van der Waals surface area (Å²) >= 11 is 4.24. The molecule has 35 N–H and O–H groups in total. The molecule has 0 fully saturated rings. The van der Waals surface area contributed by atoms with Crippen molar-refractivity contribution >= 4 is 160 Å². The van der Waals surface area contributed by atoms with Crippen LogP contribution in [0.15, 0.2) is 67.3 Å². The van der Waals surface area contributed by atoms with Crippen molar-refractivity contribution in [3.63, 3.8) is 0 Å². The number of rotatable bonds is 63. The van der Waals surface area contributed by atoms with Crippen LogP contribution in [0.1, 0.15) is 117 Å². The summed E-state index contributed by atoms with van der Waals surface area (Å²) in [4.78, 5) is 303. The molecule has 4 rings (SSSR count). The van der Waals surface area contributed by atoms with E-state index in [1.54, 1.807) is 58.2 Å². The number of nitrogens with two attached hydrogens (primary N) is 5. The number of fused-ring (bicyclic) bond motifs is 1. The predicted molar refractivity (Wildman–Crippen MR) is 500 cm³/mol. The van der Waals surface area contributed by atoms with Crippen molar-refractivity contribution in [3.05, 3.63) is 84.1 Å². The first-order valence-electron chi connectivity index (χ1n) is 44.4. The average molecular weight is 1970 g/mol. The molecule has 0 radical (unpaired) electrons. The molecule has 0 saturated carbocycles. The molecule has 54 heteroatoms. The number of carbonyl (C=O) groups is 22. The molecule has 764 valence electrons. The maximum Gasteiger partial charge on any atom is 0.245 e. The monoisotopic (exact) mass is 1970 g/mol. The van der Waals surface area contributed by atoms with Crippen LogP contribution in [0.2, 0.25) is 0 Å². The number of thiol groups is 1. The van der Waals surface area contributed by atoms with Gasteiger partial charge >= 0.3 is 0 Å². The minimum absolute atomic E-state index is 0.0514. The van der Waals surface area contributed by atoms with Gasteiger partial charge in [-0.05, 0) is 86.2 Å². The maximum atomic E-state index is 15.0. The number of H-pyrrole nitrogens is 2. The topological polar surface area (TPSA) is 855 Å². The normalized spacial score (nSPS) is 14.0. The number of carbonyl (C=O) groups excluding carboxylic acids is 22. The summed E-state index contributed by atoms with van der Waals surface area (Å²) in [5.74, 6) is -23.3. The molecule has 0 bridgehead atoms. The first-order valence-corrected chi connectivity index (χ1v) is 45.0. The van der Waals surface area contributed by atoms with Crippen LogP contribution in [0.5, 0.6) is 5.75 Å². The van der Waals surface area contributed by atoms with Crippen molar-refractivity contribution in [1.29, 1.82) is 5.41 Å². The number of primary amides is 2. The van der Waals surface area contributed by atoms with Crippen molar-refractivity contribution in [2.24, 2.45) is 46.4 Å². The van der Waals surface area contributed by atoms with Gasteiger partial charge in [-0.15, -0.1) is 0 Å². The van der Waals surface area contributed by atoms with Gasteiger partial charge in [0.2, 0.25) is 124 Å². The Morgan fingerprint density at radius 2 is 0.914 bits per heavy atom. The second-order valence-electron chi connectivity index (χ2n) is 32.9. The zero-order chi connectivity index (χ0) is 104. The molecule has 0 aliphatic carbocycles. The maximum absolute atomic E-state index is 15.0. The number of benzene rings is 2. The van der Waals surface area contributed by atoms with E-state index < -0.39 is 291 Å². The molecule has 14 unspecified atom stereocenters. The lowest BCUT2D eigenvalue weighted by molar-refractivity contribution is -0.136. The highest BCUT2D eigenvalue weighted by Gasteiger charge is 2.39. The van der Waals surface area contributed by atoms with E-state index in [0.717, 1.165) is 0 Å². The molecule has 0 saturated heterocycles. The molecule has 0 spiro atoms. The summed E-state index contributed by atoms with van der Waals surface area (Å²) in [6.45, 7) is 4.97. The number of aliphatic hydroxyl groups excluding tert-OH is 1. The van der Waals surface area contributed by atoms with Crippen molar-refractivity contribution in [2.45, 2.75) is 198 Å². The van der Waals surface area contributed by atoms with Crippen LogP contribution in [0.3, 0.4) is 0 Å². The Morgan fingerprint density at radius 1 is 0.453 bits per heavy atom. The lowest BCUT2D eigenvalue weighted by Gasteiger charge is -2.29. The Morgan fingerprint density at radius 3 is 1.47 bits per heavy atom. The number of phenolic OH excluding ortho intramolecular Hbond substituents is 1. The third kappa shape index (κ3) is 42.5. The molecule has 139 heavy (non-hydrogen) atoms. The number of aromatic amines is 2. The third-order valence-corrected chi connectivity index (χ3v) is 21.4. The molecule has 53 nitrogen and oxygen atoms in total. The van der Waals surface area contributed by atoms with Crippen LogP contribution < -0.4 is 135 Å². The number of amides is 21. The number of nitrogens with one attached hydrogen (secondary N) is 23. The molecule has 0 aliphatic heterocycles. The first-order chi connectivity index (χ1) is 65.8. The summed E-state index contributed by atoms with van der Waals surface area (Å²) in [7, 11) is 0. The number of para-hydroxylation sites is 1. The van der Waals surface area contributed by atoms with E-state index in [1.165, 1.54) is 57.6 Å². The average Bonchev–Trinajstić information content (AvgIpc) is 1.50. The lowest BCUT2D eigenvalue weighted by Crippen LogP contribution is -2.61. The van der Waals surface area contributed by atoms with Gasteiger partial charge in [-0.1, -0.05) is 84.7 Å². The van der Waals surface area contributed by atoms with Crippen LogP contribution in [-0.4, -0.2) is 311 Å². The fraction of sp³-hybridized carbons (Fsp3) is 0.529. The summed E-state index contributed by atoms with van der Waals surface area (Å²) in [6.07, 6.45) is 3.40. The van der Waals surface area contributed by atoms with Gasteiger partial charge in [-0.3, -0.25) is 106 Å². The van der Waals surface area contributed by atoms with E-state index in [-0.39, 0.29) is 63.1 Å². The third-order valence-electron chi connectivity index (χ3n) is 21.0. The number of aliphatic hydroxyl groups is 1. The first kappa shape index (κ1) is 116. The van der Waals surface area contributed by atoms with E-state index in [1.807, 2.05) is 0 Å². The highest BCUT2D eigenvalue weighted by atomic mass is 32.1. The van der Waals surface area contributed by atoms with Crippen LogP contribution in [0.4, 0.5) is 0 Å². The summed E-state index contributed by atoms with van der Waals surface area (Å²) in [5.41, 5.74) is 29.5. The molecule has 2 aromatic heterocycles. The predicted octanol–water partition coefficient (Wildman–Crippen LogP) is -11.8. The fourth-order valence-electron chi connectivity index (χ4n) is 13.2. The Bertz CT molecular complexity index is 4930. The van der Waals surface area contributed by atoms with E-state index in [0.29, 0.717) is 54.1 Å². The highest BCUT2D eigenvalue weighted by Crippen LogP contribution is 2.21. The van der Waals surface area contributed by atoms with Crippen LogP contribution in [0, 0.1) is 23.2 Å². The number of nitrogens with zero attached hydrogens (tertiary/aromatic N) is 1. The van der Waals surface area contributed by atoms with E-state index in [4.69, 9.17) is 34.1 Å². The van der Waals surface area contributed by atoms with Gasteiger partial charge in [-0.25, -0.2) is 4.98 Å². The molecule has 0 aliphatic rings. The smallest absolute Gasteiger partial charge is 0.245 e. The van der Waals surface area contributed by atoms with Crippen molar-refractivity contribution in [1.82, 2.24) is 121 Å². The highest BCUT2D eigenvalue weighted by molar-refractivity contribution is 7.80. The van der Waals surface area contributed by atoms with Crippen LogP contribution in [-0.2, 0) is 125 Å². The van der Waals surface area contributed by atoms with Gasteiger partial charge in [0.15, 0.2) is 5.96 Å². The standard InChI is InChI=1S/C85H129N29O24S/c1-8-44(6)71(84(138)114-69(42(2)3)82(136)93-24-25-115)112-68(125)38-97-72(126)45(7)103-64(121)35-101-77(131)60(40-139)111-79(133)56(28-48-32-92-41-102-48)110-83(137)70(43(4)5)113-81(135)55(27-47-31-95-52-16-10-9-14-50(47)52)109-78(132)53(17-13-23-94-85(90)91)107-80(134)58(30-62(89)119)105-67(124)37-100-76(130)59(39-116)106-65(122)34-96-63(120)33-98-74(128)54(26-46-18-20-49(117)21-19-46)104-66(123)36-99-75(129)57(29-61(88)118)108-73(127)51(87)15-11-12-22-86/h9-10,14,16,18-21,25,31-32,41-45,51,53-60,69-71,95,116-117,139H,8,11-13,15,17,22-24,26-30,33-40,86-87H2,1-7H3,(H2,88,118)(H2,89,119)(H,92,102)(H,93,136)(H,96,120)(H,97,126)(H,98,128)(H,99,129)(H,100,130)(H,101,131)(H,103,121)(H,104,123)(H,105,124)(H,106,122)(H,107,134)(H,108,127)(H,109,132)(H,110,137)(H,111,133)(H,112,125)(H,113,135)(H,114,138)(H4,90,91,94). The van der Waals surface area contributed by atoms with Crippen molar-refractivity contribution in [2.75, 3.05) is 71.3 Å². The quantitative estimate of drug-likeness (QED) is 0.00642. The Kier molecular flexibility index (Phi) is 50.6. The minimum Gasteiger partial charge on any atom is -0.508 e. The van der Waals surface area contributed by atoms with Gasteiger partial charge in [0.25, 0.3) is 0 Å². The molecule has 21 amide bonds. The molecular formula is C85H129N29O24S. The van der Waals surface area contributed by atoms with E-state index in [9.17, 15) is 111 Å². The number of hydrogen-bond donors (Lipinski definition) is 31. The number of unbranched alkanes of at least 4 members (excludes halogenated alkanes) is 1. The van der Waals surface area contributed by atoms with Gasteiger partial charge in [0, 0.05) is 60.6 Å². The van der Waals surface area contributed by atoms with Gasteiger partial charge in [0.05, 0.1) is 77.6 Å².